The monoisotopic (exact) mass is 668 g/mol. The van der Waals surface area contributed by atoms with Crippen LogP contribution in [0.3, 0.4) is 0 Å². The molecule has 4 aromatic rings. The van der Waals surface area contributed by atoms with Crippen LogP contribution in [-0.4, -0.2) is 41.2 Å². The first-order valence-electron chi connectivity index (χ1n) is 17.4. The van der Waals surface area contributed by atoms with Crippen molar-refractivity contribution in [2.24, 2.45) is 0 Å². The number of fused-ring (bicyclic) bond motifs is 1. The zero-order valence-electron chi connectivity index (χ0n) is 28.7. The second-order valence-electron chi connectivity index (χ2n) is 12.2. The Morgan fingerprint density at radius 2 is 1.39 bits per heavy atom. The molecule has 0 spiro atoms. The maximum atomic E-state index is 13.4. The zero-order chi connectivity index (χ0) is 34.8. The largest absolute Gasteiger partial charge is 0.495 e. The molecule has 260 valence electrons. The van der Waals surface area contributed by atoms with Crippen LogP contribution in [0.5, 0.6) is 5.75 Å². The maximum absolute atomic E-state index is 13.4. The van der Waals surface area contributed by atoms with E-state index in [0.717, 1.165) is 23.9 Å². The summed E-state index contributed by atoms with van der Waals surface area (Å²) >= 11 is 0. The molecule has 0 radical (unpaired) electrons. The van der Waals surface area contributed by atoms with Crippen molar-refractivity contribution in [3.8, 4) is 5.75 Å². The van der Waals surface area contributed by atoms with Gasteiger partial charge in [-0.1, -0.05) is 108 Å². The second-order valence-corrected chi connectivity index (χ2v) is 12.2. The lowest BCUT2D eigenvalue weighted by Crippen LogP contribution is -2.37. The molecule has 0 fully saturated rings. The van der Waals surface area contributed by atoms with E-state index in [2.05, 4.69) is 22.7 Å². The number of benzene rings is 3. The van der Waals surface area contributed by atoms with Crippen LogP contribution in [0.4, 0.5) is 5.69 Å². The lowest BCUT2D eigenvalue weighted by atomic mass is 10.1. The van der Waals surface area contributed by atoms with Crippen molar-refractivity contribution < 1.29 is 23.9 Å². The molecule has 1 heterocycles. The highest BCUT2D eigenvalue weighted by Gasteiger charge is 2.19. The molecule has 0 saturated carbocycles. The number of hydrogen-bond acceptors (Lipinski definition) is 7. The summed E-state index contributed by atoms with van der Waals surface area (Å²) in [5.41, 5.74) is 3.32. The van der Waals surface area contributed by atoms with E-state index < -0.39 is 23.3 Å². The van der Waals surface area contributed by atoms with Crippen molar-refractivity contribution in [1.29, 1.82) is 0 Å². The maximum Gasteiger partial charge on any atom is 0.338 e. The Bertz CT molecular complexity index is 1740. The topological polar surface area (TPSA) is 129 Å². The van der Waals surface area contributed by atoms with Crippen molar-refractivity contribution in [1.82, 2.24) is 9.66 Å². The number of carbonyl (C=O) groups excluding carboxylic acids is 3. The summed E-state index contributed by atoms with van der Waals surface area (Å²) in [6, 6.07) is 19.8. The van der Waals surface area contributed by atoms with Gasteiger partial charge in [0.25, 0.3) is 11.5 Å². The summed E-state index contributed by atoms with van der Waals surface area (Å²) in [5.74, 6) is -1.19. The number of rotatable bonds is 20. The highest BCUT2D eigenvalue weighted by atomic mass is 16.5. The van der Waals surface area contributed by atoms with E-state index in [0.29, 0.717) is 23.4 Å². The number of unbranched alkanes of at least 4 members (excludes halogenated alkanes) is 11. The Balaban J connectivity index is 1.33. The number of ether oxygens (including phenoxy) is 2. The molecular weight excluding hydrogens is 620 g/mol. The summed E-state index contributed by atoms with van der Waals surface area (Å²) < 4.78 is 11.9. The molecule has 49 heavy (non-hydrogen) atoms. The number of anilines is 1. The molecule has 0 atom stereocenters. The van der Waals surface area contributed by atoms with Gasteiger partial charge in [0, 0.05) is 5.56 Å². The van der Waals surface area contributed by atoms with E-state index in [1.807, 2.05) is 0 Å². The molecule has 0 aliphatic carbocycles. The lowest BCUT2D eigenvalue weighted by Gasteiger charge is -2.15. The number of esters is 1. The number of hydrogen-bond donors (Lipinski definition) is 2. The van der Waals surface area contributed by atoms with E-state index in [1.165, 1.54) is 71.0 Å². The van der Waals surface area contributed by atoms with Crippen molar-refractivity contribution in [3.05, 3.63) is 100 Å². The highest BCUT2D eigenvalue weighted by Crippen LogP contribution is 2.26. The van der Waals surface area contributed by atoms with Gasteiger partial charge in [-0.15, -0.1) is 0 Å². The first kappa shape index (κ1) is 36.8. The van der Waals surface area contributed by atoms with Crippen LogP contribution < -0.4 is 21.0 Å². The quantitative estimate of drug-likeness (QED) is 0.0726. The third-order valence-corrected chi connectivity index (χ3v) is 8.35. The smallest absolute Gasteiger partial charge is 0.338 e. The first-order chi connectivity index (χ1) is 23.9. The van der Waals surface area contributed by atoms with Gasteiger partial charge in [0.1, 0.15) is 11.6 Å². The van der Waals surface area contributed by atoms with Gasteiger partial charge >= 0.3 is 5.97 Å². The van der Waals surface area contributed by atoms with E-state index in [4.69, 9.17) is 9.47 Å². The van der Waals surface area contributed by atoms with Crippen LogP contribution in [0.2, 0.25) is 0 Å². The second kappa shape index (κ2) is 19.7. The third kappa shape index (κ3) is 11.3. The fourth-order valence-corrected chi connectivity index (χ4v) is 5.63. The average Bonchev–Trinajstić information content (AvgIpc) is 3.12. The fraction of sp³-hybridized carbons (Fsp3) is 0.410. The lowest BCUT2D eigenvalue weighted by molar-refractivity contribution is -0.115. The number of nitrogens with zero attached hydrogens (tertiary/aromatic N) is 2. The number of nitrogens with one attached hydrogen (secondary N) is 2. The van der Waals surface area contributed by atoms with Crippen LogP contribution in [0.1, 0.15) is 111 Å². The molecule has 0 unspecified atom stereocenters. The number of methoxy groups -OCH3 is 1. The summed E-state index contributed by atoms with van der Waals surface area (Å²) in [4.78, 5) is 57.1. The Kier molecular flexibility index (Phi) is 14.8. The van der Waals surface area contributed by atoms with Gasteiger partial charge in [0.2, 0.25) is 5.91 Å². The Morgan fingerprint density at radius 3 is 2.06 bits per heavy atom. The summed E-state index contributed by atoms with van der Waals surface area (Å²) in [6.45, 7) is 2.56. The van der Waals surface area contributed by atoms with Gasteiger partial charge in [-0.05, 0) is 48.9 Å². The van der Waals surface area contributed by atoms with Gasteiger partial charge < -0.3 is 14.8 Å². The molecule has 0 aliphatic heterocycles. The Morgan fingerprint density at radius 1 is 0.755 bits per heavy atom. The van der Waals surface area contributed by atoms with E-state index >= 15 is 0 Å². The molecule has 4 rings (SSSR count). The Labute approximate surface area is 288 Å². The minimum absolute atomic E-state index is 0.0300. The molecule has 10 nitrogen and oxygen atoms in total. The normalized spacial score (nSPS) is 10.9. The average molecular weight is 669 g/mol. The number of amides is 2. The van der Waals surface area contributed by atoms with Crippen molar-refractivity contribution in [2.45, 2.75) is 90.4 Å². The first-order valence-corrected chi connectivity index (χ1v) is 17.4. The molecule has 0 aliphatic rings. The molecule has 0 bridgehead atoms. The standard InChI is InChI=1S/C39H48N4O6/c1-3-4-5-6-7-8-9-10-11-12-13-19-26-49-39(47)30-24-25-34(48-2)33(27-30)41-36(44)28-35-40-32-23-18-17-22-31(32)38(46)43(35)42-37(45)29-20-15-14-16-21-29/h14-18,20-25,27H,3-13,19,26,28H2,1-2H3,(H,41,44)(H,42,45). The van der Waals surface area contributed by atoms with Crippen LogP contribution >= 0.6 is 0 Å². The molecule has 10 heteroatoms. The summed E-state index contributed by atoms with van der Waals surface area (Å²) in [7, 11) is 1.46. The molecular formula is C39H48N4O6. The Hall–Kier alpha value is -4.99. The summed E-state index contributed by atoms with van der Waals surface area (Å²) in [6.07, 6.45) is 14.3. The van der Waals surface area contributed by atoms with Gasteiger partial charge in [0.05, 0.1) is 42.3 Å². The molecule has 1 aromatic heterocycles. The van der Waals surface area contributed by atoms with E-state index in [9.17, 15) is 19.2 Å². The van der Waals surface area contributed by atoms with Crippen molar-refractivity contribution >= 4 is 34.4 Å². The predicted octanol–water partition coefficient (Wildman–Crippen LogP) is 7.83. The van der Waals surface area contributed by atoms with Gasteiger partial charge in [0.15, 0.2) is 0 Å². The minimum Gasteiger partial charge on any atom is -0.495 e. The summed E-state index contributed by atoms with van der Waals surface area (Å²) in [5, 5.41) is 3.05. The predicted molar refractivity (Wildman–Crippen MR) is 193 cm³/mol. The zero-order valence-corrected chi connectivity index (χ0v) is 28.7. The van der Waals surface area contributed by atoms with Crippen molar-refractivity contribution in [2.75, 3.05) is 24.5 Å². The van der Waals surface area contributed by atoms with Crippen LogP contribution in [-0.2, 0) is 16.0 Å². The van der Waals surface area contributed by atoms with Crippen LogP contribution in [0, 0.1) is 0 Å². The van der Waals surface area contributed by atoms with E-state index in [-0.39, 0.29) is 28.9 Å². The molecule has 3 aromatic carbocycles. The molecule has 0 saturated heterocycles. The number of aromatic nitrogens is 2. The fourth-order valence-electron chi connectivity index (χ4n) is 5.63. The molecule has 2 N–H and O–H groups in total. The van der Waals surface area contributed by atoms with Crippen molar-refractivity contribution in [3.63, 3.8) is 0 Å². The minimum atomic E-state index is -0.537. The molecule has 2 amide bonds. The number of carbonyl (C=O) groups is 3. The highest BCUT2D eigenvalue weighted by molar-refractivity contribution is 6.00. The third-order valence-electron chi connectivity index (χ3n) is 8.35. The van der Waals surface area contributed by atoms with Gasteiger partial charge in [-0.3, -0.25) is 19.8 Å². The van der Waals surface area contributed by atoms with Crippen LogP contribution in [0.25, 0.3) is 10.9 Å². The van der Waals surface area contributed by atoms with Crippen LogP contribution in [0.15, 0.2) is 77.6 Å². The van der Waals surface area contributed by atoms with Gasteiger partial charge in [-0.2, -0.15) is 0 Å². The SMILES string of the molecule is CCCCCCCCCCCCCCOC(=O)c1ccc(OC)c(NC(=O)Cc2nc3ccccc3c(=O)n2NC(=O)c2ccccc2)c1. The van der Waals surface area contributed by atoms with Gasteiger partial charge in [-0.25, -0.2) is 14.5 Å². The van der Waals surface area contributed by atoms with E-state index in [1.54, 1.807) is 66.7 Å². The number of para-hydroxylation sites is 1.